The molecule has 0 rings (SSSR count). The van der Waals surface area contributed by atoms with Crippen molar-refractivity contribution in [3.63, 3.8) is 0 Å². The van der Waals surface area contributed by atoms with Gasteiger partial charge in [-0.3, -0.25) is 32.5 Å². The van der Waals surface area contributed by atoms with Crippen LogP contribution >= 0.6 is 15.6 Å². The molecular weight excluding hydrogens is 1530 g/mol. The molecule has 684 valence electrons. The second-order valence-corrected chi connectivity index (χ2v) is 34.7. The maximum atomic E-state index is 13.0. The Kier molecular flexibility index (Phi) is 88.6. The molecule has 4 N–H and O–H groups in total. The number of phosphoric acid groups is 2. The van der Waals surface area contributed by atoms with Crippen LogP contribution in [0.1, 0.15) is 406 Å². The van der Waals surface area contributed by atoms with Crippen LogP contribution < -0.4 is 0 Å². The number of rotatable bonds is 90. The Hall–Kier alpha value is -4.83. The lowest BCUT2D eigenvalue weighted by Gasteiger charge is -2.21. The minimum Gasteiger partial charge on any atom is -0.463 e. The van der Waals surface area contributed by atoms with Gasteiger partial charge in [-0.25, -0.2) is 9.13 Å². The van der Waals surface area contributed by atoms with E-state index in [1.165, 1.54) is 199 Å². The number of aliphatic hydroxyl groups excluding tert-OH is 2. The third-order valence-corrected chi connectivity index (χ3v) is 22.1. The van der Waals surface area contributed by atoms with Gasteiger partial charge < -0.3 is 34.2 Å². The number of esters is 3. The minimum absolute atomic E-state index is 0.0843. The highest BCUT2D eigenvalue weighted by atomic mass is 31.2. The minimum atomic E-state index is -4.94. The fraction of sp³-hybridized carbons (Fsp3) is 0.713. The zero-order valence-electron chi connectivity index (χ0n) is 75.5. The number of unbranched alkanes of at least 4 members (excludes halogenated alkanes) is 41. The summed E-state index contributed by atoms with van der Waals surface area (Å²) in [6.45, 7) is 2.46. The smallest absolute Gasteiger partial charge is 0.463 e. The van der Waals surface area contributed by atoms with Crippen LogP contribution in [-0.4, -0.2) is 95.9 Å². The van der Waals surface area contributed by atoms with E-state index in [-0.39, 0.29) is 19.3 Å². The molecule has 0 aromatic heterocycles. The summed E-state index contributed by atoms with van der Waals surface area (Å²) in [7, 11) is -9.81. The summed E-state index contributed by atoms with van der Waals surface area (Å²) in [5.74, 6) is -1.58. The molecule has 0 aliphatic heterocycles. The van der Waals surface area contributed by atoms with E-state index in [4.69, 9.17) is 32.3 Å². The summed E-state index contributed by atoms with van der Waals surface area (Å²) in [6, 6.07) is 0. The van der Waals surface area contributed by atoms with Crippen molar-refractivity contribution in [2.45, 2.75) is 424 Å². The predicted octanol–water partition coefficient (Wildman–Crippen LogP) is 29.7. The summed E-state index contributed by atoms with van der Waals surface area (Å²) in [5.41, 5.74) is 0. The van der Waals surface area contributed by atoms with E-state index >= 15 is 0 Å². The van der Waals surface area contributed by atoms with Crippen LogP contribution in [0.2, 0.25) is 0 Å². The van der Waals surface area contributed by atoms with Gasteiger partial charge in [0, 0.05) is 19.3 Å². The highest BCUT2D eigenvalue weighted by molar-refractivity contribution is 7.47. The first-order valence-electron chi connectivity index (χ1n) is 47.8. The molecule has 0 saturated carbocycles. The van der Waals surface area contributed by atoms with Crippen LogP contribution in [0.5, 0.6) is 0 Å². The molecule has 0 spiro atoms. The number of phosphoric ester groups is 2. The lowest BCUT2D eigenvalue weighted by atomic mass is 10.0. The molecule has 0 amide bonds. The third-order valence-electron chi connectivity index (χ3n) is 20.2. The normalized spacial score (nSPS) is 14.4. The van der Waals surface area contributed by atoms with Crippen molar-refractivity contribution in [2.75, 3.05) is 39.6 Å². The molecule has 0 heterocycles. The highest BCUT2D eigenvalue weighted by Crippen LogP contribution is 2.45. The highest BCUT2D eigenvalue weighted by Gasteiger charge is 2.30. The molecule has 0 aliphatic carbocycles. The maximum absolute atomic E-state index is 13.0. The molecule has 0 radical (unpaired) electrons. The second-order valence-electron chi connectivity index (χ2n) is 31.8. The molecule has 0 saturated heterocycles. The lowest BCUT2D eigenvalue weighted by molar-refractivity contribution is -0.161. The SMILES string of the molecule is CC/C=C\C/C=C\C/C=C\C/C=C\C/C=C\C/C=C\CCCCCCCCCCCCCCCCCCC(=O)OCC(O)COP(=O)(O)OCC(O)COP(=O)(O)OCC(COC(=O)CCCCCCCCCCCCCCCCCCC/C=C\C/C=C\C/C=C\C/C=C\CCCCC)OC(=O)CCCCCCC/C=C\C/C=C\C/C=C\CC. The number of aliphatic hydroxyl groups is 2. The first kappa shape index (κ1) is 114. The lowest BCUT2D eigenvalue weighted by Crippen LogP contribution is -2.30. The fourth-order valence-corrected chi connectivity index (χ4v) is 14.6. The van der Waals surface area contributed by atoms with Crippen molar-refractivity contribution in [1.29, 1.82) is 0 Å². The predicted molar refractivity (Wildman–Crippen MR) is 500 cm³/mol. The first-order valence-corrected chi connectivity index (χ1v) is 50.8. The topological polar surface area (TPSA) is 231 Å². The van der Waals surface area contributed by atoms with E-state index in [1.54, 1.807) is 0 Å². The van der Waals surface area contributed by atoms with Crippen molar-refractivity contribution in [3.8, 4) is 0 Å². The molecule has 0 aromatic rings. The molecule has 5 atom stereocenters. The fourth-order valence-electron chi connectivity index (χ4n) is 13.0. The molecule has 119 heavy (non-hydrogen) atoms. The van der Waals surface area contributed by atoms with Gasteiger partial charge in [-0.2, -0.15) is 0 Å². The molecular formula is C101H174O16P2. The van der Waals surface area contributed by atoms with Gasteiger partial charge in [0.05, 0.1) is 26.4 Å². The van der Waals surface area contributed by atoms with Crippen LogP contribution in [0.25, 0.3) is 0 Å². The Bertz CT molecular complexity index is 2790. The molecule has 16 nitrogen and oxygen atoms in total. The van der Waals surface area contributed by atoms with Crippen molar-refractivity contribution >= 4 is 33.6 Å². The van der Waals surface area contributed by atoms with Crippen LogP contribution in [0.4, 0.5) is 0 Å². The zero-order chi connectivity index (χ0) is 86.5. The third kappa shape index (κ3) is 93.7. The summed E-state index contributed by atoms with van der Waals surface area (Å²) in [4.78, 5) is 58.9. The standard InChI is InChI=1S/C101H174O16P2/c1-4-7-10-13-16-19-22-25-28-30-32-34-36-38-40-42-44-46-47-49-51-52-54-56-58-60-62-64-67-69-72-75-78-81-84-87-99(104)111-90-96(102)91-113-118(107,108)114-92-97(103)93-115-119(109,110)116-95-98(117-101(106)89-86-83-80-77-74-71-66-27-24-21-18-15-12-9-6-3)94-112-100(105)88-85-82-79-76-73-70-68-65-63-61-59-57-55-53-50-48-45-43-41-39-37-35-33-31-29-26-23-20-17-14-11-8-5-2/h7,9-10,12,16-21,25-29,32-35,38-41,44,46,66,96-98,102-103H,4-6,8,11,13-15,22-24,30-31,36-37,42-43,45,47-65,67-95H2,1-3H3,(H,107,108)(H,109,110)/b10-7-,12-9-,19-16-,20-17-,21-18-,28-25-,29-26-,34-32-,35-33-,40-38-,41-39-,46-44-,66-27-. The summed E-state index contributed by atoms with van der Waals surface area (Å²) >= 11 is 0. The van der Waals surface area contributed by atoms with Crippen molar-refractivity contribution < 1.29 is 75.8 Å². The Balaban J connectivity index is 4.42. The summed E-state index contributed by atoms with van der Waals surface area (Å²) in [5, 5.41) is 20.7. The van der Waals surface area contributed by atoms with Crippen LogP contribution in [0, 0.1) is 0 Å². The molecule has 0 aromatic carbocycles. The van der Waals surface area contributed by atoms with E-state index in [1.807, 2.05) is 0 Å². The molecule has 18 heteroatoms. The Morgan fingerprint density at radius 3 is 0.706 bits per heavy atom. The van der Waals surface area contributed by atoms with Crippen LogP contribution in [0.15, 0.2) is 158 Å². The Morgan fingerprint density at radius 2 is 0.445 bits per heavy atom. The van der Waals surface area contributed by atoms with Gasteiger partial charge in [0.15, 0.2) is 6.10 Å². The van der Waals surface area contributed by atoms with E-state index in [9.17, 15) is 43.5 Å². The van der Waals surface area contributed by atoms with Crippen molar-refractivity contribution in [1.82, 2.24) is 0 Å². The molecule has 0 bridgehead atoms. The van der Waals surface area contributed by atoms with Crippen LogP contribution in [0.3, 0.4) is 0 Å². The number of hydrogen-bond donors (Lipinski definition) is 4. The molecule has 5 unspecified atom stereocenters. The maximum Gasteiger partial charge on any atom is 0.472 e. The molecule has 0 fully saturated rings. The van der Waals surface area contributed by atoms with E-state index in [0.717, 1.165) is 148 Å². The quantitative estimate of drug-likeness (QED) is 0.0146. The summed E-state index contributed by atoms with van der Waals surface area (Å²) < 4.78 is 61.4. The number of allylic oxidation sites excluding steroid dienone is 26. The Morgan fingerprint density at radius 1 is 0.244 bits per heavy atom. The zero-order valence-corrected chi connectivity index (χ0v) is 77.3. The van der Waals surface area contributed by atoms with Crippen LogP contribution in [-0.2, 0) is 55.8 Å². The number of ether oxygens (including phenoxy) is 3. The van der Waals surface area contributed by atoms with Gasteiger partial charge in [-0.05, 0) is 148 Å². The largest absolute Gasteiger partial charge is 0.472 e. The van der Waals surface area contributed by atoms with E-state index in [0.29, 0.717) is 19.3 Å². The average molecular weight is 1710 g/mol. The summed E-state index contributed by atoms with van der Waals surface area (Å²) in [6.07, 6.45) is 119. The van der Waals surface area contributed by atoms with Gasteiger partial charge in [-0.15, -0.1) is 0 Å². The monoisotopic (exact) mass is 1710 g/mol. The Labute approximate surface area is 727 Å². The van der Waals surface area contributed by atoms with Gasteiger partial charge in [0.1, 0.15) is 25.4 Å². The van der Waals surface area contributed by atoms with E-state index < -0.39 is 91.5 Å². The van der Waals surface area contributed by atoms with E-state index in [2.05, 4.69) is 179 Å². The molecule has 0 aliphatic rings. The number of hydrogen-bond acceptors (Lipinski definition) is 14. The van der Waals surface area contributed by atoms with Crippen molar-refractivity contribution in [2.24, 2.45) is 0 Å². The van der Waals surface area contributed by atoms with Gasteiger partial charge >= 0.3 is 33.6 Å². The second kappa shape index (κ2) is 92.4. The van der Waals surface area contributed by atoms with Gasteiger partial charge in [0.25, 0.3) is 0 Å². The number of carbonyl (C=O) groups excluding carboxylic acids is 3. The van der Waals surface area contributed by atoms with Gasteiger partial charge in [0.2, 0.25) is 0 Å². The first-order chi connectivity index (χ1) is 58.2. The average Bonchev–Trinajstić information content (AvgIpc) is 0.898. The number of carbonyl (C=O) groups is 3. The van der Waals surface area contributed by atoms with Crippen molar-refractivity contribution in [3.05, 3.63) is 158 Å². The van der Waals surface area contributed by atoms with Gasteiger partial charge in [-0.1, -0.05) is 397 Å².